The van der Waals surface area contributed by atoms with Crippen LogP contribution in [0, 0.1) is 5.92 Å². The Kier molecular flexibility index (Phi) is 2.92. The smallest absolute Gasteiger partial charge is 0.0379 e. The second-order valence-electron chi connectivity index (χ2n) is 4.24. The lowest BCUT2D eigenvalue weighted by Crippen LogP contribution is -2.37. The minimum absolute atomic E-state index is 0.701. The van der Waals surface area contributed by atoms with Gasteiger partial charge in [0.15, 0.2) is 0 Å². The van der Waals surface area contributed by atoms with Crippen LogP contribution >= 0.6 is 11.6 Å². The Morgan fingerprint density at radius 3 is 2.58 bits per heavy atom. The van der Waals surface area contributed by atoms with E-state index < -0.39 is 0 Å². The highest BCUT2D eigenvalue weighted by molar-refractivity contribution is 6.18. The minimum Gasteiger partial charge on any atom is -0.299 e. The molecule has 1 saturated carbocycles. The van der Waals surface area contributed by atoms with Crippen LogP contribution in [-0.2, 0) is 0 Å². The Bertz CT molecular complexity index is 145. The molecule has 0 radical (unpaired) electrons. The highest BCUT2D eigenvalue weighted by Crippen LogP contribution is 2.30. The fraction of sp³-hybridized carbons (Fsp3) is 1.00. The molecule has 2 heteroatoms. The largest absolute Gasteiger partial charge is 0.299 e. The van der Waals surface area contributed by atoms with Gasteiger partial charge in [-0.2, -0.15) is 0 Å². The predicted molar refractivity (Wildman–Crippen MR) is 52.7 cm³/mol. The molecule has 0 aromatic rings. The van der Waals surface area contributed by atoms with Gasteiger partial charge in [-0.25, -0.2) is 0 Å². The summed E-state index contributed by atoms with van der Waals surface area (Å²) < 4.78 is 0. The van der Waals surface area contributed by atoms with Crippen molar-refractivity contribution in [3.05, 3.63) is 0 Å². The lowest BCUT2D eigenvalue weighted by atomic mass is 9.85. The summed E-state index contributed by atoms with van der Waals surface area (Å²) in [6.07, 6.45) is 7.08. The summed E-state index contributed by atoms with van der Waals surface area (Å²) >= 11 is 5.91. The maximum Gasteiger partial charge on any atom is 0.0379 e. The van der Waals surface area contributed by atoms with Crippen LogP contribution in [0.3, 0.4) is 0 Å². The minimum atomic E-state index is 0.701. The average Bonchev–Trinajstić information content (AvgIpc) is 2.43. The highest BCUT2D eigenvalue weighted by Gasteiger charge is 2.27. The van der Waals surface area contributed by atoms with Crippen LogP contribution in [0.5, 0.6) is 0 Å². The van der Waals surface area contributed by atoms with Crippen LogP contribution in [0.25, 0.3) is 0 Å². The Balaban J connectivity index is 1.77. The zero-order valence-corrected chi connectivity index (χ0v) is 8.39. The van der Waals surface area contributed by atoms with Gasteiger partial charge in [-0.05, 0) is 38.1 Å². The zero-order chi connectivity index (χ0) is 8.39. The van der Waals surface area contributed by atoms with Crippen LogP contribution < -0.4 is 0 Å². The Labute approximate surface area is 80.1 Å². The molecule has 2 aliphatic rings. The number of hydrogen-bond acceptors (Lipinski definition) is 1. The summed E-state index contributed by atoms with van der Waals surface area (Å²) in [4.78, 5) is 2.61. The van der Waals surface area contributed by atoms with E-state index in [1.54, 1.807) is 0 Å². The maximum atomic E-state index is 5.91. The Morgan fingerprint density at radius 2 is 2.00 bits per heavy atom. The quantitative estimate of drug-likeness (QED) is 0.614. The molecule has 2 rings (SSSR count). The van der Waals surface area contributed by atoms with Crippen molar-refractivity contribution in [3.8, 4) is 0 Å². The van der Waals surface area contributed by atoms with E-state index >= 15 is 0 Å². The maximum absolute atomic E-state index is 5.91. The van der Waals surface area contributed by atoms with Gasteiger partial charge in [-0.3, -0.25) is 4.90 Å². The first kappa shape index (κ1) is 8.83. The van der Waals surface area contributed by atoms with E-state index in [0.717, 1.165) is 11.8 Å². The molecule has 12 heavy (non-hydrogen) atoms. The van der Waals surface area contributed by atoms with Crippen molar-refractivity contribution >= 4 is 11.6 Å². The topological polar surface area (TPSA) is 3.24 Å². The highest BCUT2D eigenvalue weighted by atomic mass is 35.5. The van der Waals surface area contributed by atoms with Gasteiger partial charge in [0.05, 0.1) is 0 Å². The summed E-state index contributed by atoms with van der Waals surface area (Å²) in [5.41, 5.74) is 0. The molecule has 0 aromatic heterocycles. The zero-order valence-electron chi connectivity index (χ0n) is 7.64. The van der Waals surface area contributed by atoms with Gasteiger partial charge in [0, 0.05) is 18.5 Å². The number of nitrogens with zero attached hydrogens (tertiary/aromatic N) is 1. The number of rotatable bonds is 3. The molecule has 0 amide bonds. The van der Waals surface area contributed by atoms with Gasteiger partial charge < -0.3 is 0 Å². The molecule has 0 bridgehead atoms. The lowest BCUT2D eigenvalue weighted by molar-refractivity contribution is 0.174. The van der Waals surface area contributed by atoms with Gasteiger partial charge in [0.25, 0.3) is 0 Å². The van der Waals surface area contributed by atoms with E-state index in [0.29, 0.717) is 6.04 Å². The summed E-state index contributed by atoms with van der Waals surface area (Å²) in [5, 5.41) is 0. The second kappa shape index (κ2) is 3.97. The van der Waals surface area contributed by atoms with Crippen molar-refractivity contribution < 1.29 is 0 Å². The van der Waals surface area contributed by atoms with Gasteiger partial charge in [0.1, 0.15) is 0 Å². The van der Waals surface area contributed by atoms with Crippen LogP contribution in [0.1, 0.15) is 32.1 Å². The standard InChI is InChI=1S/C10H18ClN/c11-7-10-5-2-6-12(10)8-9-3-1-4-9/h9-10H,1-8H2. The van der Waals surface area contributed by atoms with Crippen molar-refractivity contribution in [2.24, 2.45) is 5.92 Å². The van der Waals surface area contributed by atoms with Crippen LogP contribution in [-0.4, -0.2) is 29.9 Å². The fourth-order valence-corrected chi connectivity index (χ4v) is 2.67. The second-order valence-corrected chi connectivity index (χ2v) is 4.55. The molecule has 1 aliphatic carbocycles. The molecule has 1 nitrogen and oxygen atoms in total. The number of hydrogen-bond donors (Lipinski definition) is 0. The van der Waals surface area contributed by atoms with Gasteiger partial charge in [-0.15, -0.1) is 11.6 Å². The van der Waals surface area contributed by atoms with Gasteiger partial charge in [0.2, 0.25) is 0 Å². The van der Waals surface area contributed by atoms with Crippen molar-refractivity contribution in [2.45, 2.75) is 38.1 Å². The SMILES string of the molecule is ClCC1CCCN1CC1CCC1. The first-order valence-corrected chi connectivity index (χ1v) is 5.73. The molecule has 1 heterocycles. The monoisotopic (exact) mass is 187 g/mol. The van der Waals surface area contributed by atoms with Crippen LogP contribution in [0.4, 0.5) is 0 Å². The molecular formula is C10H18ClN. The molecule has 1 unspecified atom stereocenters. The molecular weight excluding hydrogens is 170 g/mol. The summed E-state index contributed by atoms with van der Waals surface area (Å²) in [7, 11) is 0. The van der Waals surface area contributed by atoms with E-state index in [9.17, 15) is 0 Å². The average molecular weight is 188 g/mol. The van der Waals surface area contributed by atoms with Gasteiger partial charge in [-0.1, -0.05) is 6.42 Å². The number of halogens is 1. The molecule has 0 N–H and O–H groups in total. The van der Waals surface area contributed by atoms with Crippen LogP contribution in [0.15, 0.2) is 0 Å². The van der Waals surface area contributed by atoms with Crippen molar-refractivity contribution in [3.63, 3.8) is 0 Å². The molecule has 2 fully saturated rings. The fourth-order valence-electron chi connectivity index (χ4n) is 2.32. The predicted octanol–water partition coefficient (Wildman–Crippen LogP) is 2.49. The van der Waals surface area contributed by atoms with E-state index in [2.05, 4.69) is 4.90 Å². The summed E-state index contributed by atoms with van der Waals surface area (Å²) in [6.45, 7) is 2.63. The third-order valence-corrected chi connectivity index (χ3v) is 3.75. The third-order valence-electron chi connectivity index (χ3n) is 3.39. The number of alkyl halides is 1. The van der Waals surface area contributed by atoms with E-state index in [1.165, 1.54) is 45.2 Å². The molecule has 1 saturated heterocycles. The molecule has 1 aliphatic heterocycles. The molecule has 0 aromatic carbocycles. The molecule has 0 spiro atoms. The molecule has 1 atom stereocenters. The van der Waals surface area contributed by atoms with Gasteiger partial charge >= 0.3 is 0 Å². The first-order chi connectivity index (χ1) is 5.90. The Hall–Kier alpha value is 0.250. The normalized spacial score (nSPS) is 32.2. The Morgan fingerprint density at radius 1 is 1.17 bits per heavy atom. The summed E-state index contributed by atoms with van der Waals surface area (Å²) in [6, 6.07) is 0.701. The van der Waals surface area contributed by atoms with E-state index in [-0.39, 0.29) is 0 Å². The third kappa shape index (κ3) is 1.77. The molecule has 70 valence electrons. The van der Waals surface area contributed by atoms with Crippen LogP contribution in [0.2, 0.25) is 0 Å². The number of likely N-dealkylation sites (tertiary alicyclic amines) is 1. The van der Waals surface area contributed by atoms with Crippen molar-refractivity contribution in [1.29, 1.82) is 0 Å². The van der Waals surface area contributed by atoms with E-state index in [1.807, 2.05) is 0 Å². The van der Waals surface area contributed by atoms with Crippen molar-refractivity contribution in [1.82, 2.24) is 4.90 Å². The summed E-state index contributed by atoms with van der Waals surface area (Å²) in [5.74, 6) is 1.85. The van der Waals surface area contributed by atoms with Crippen molar-refractivity contribution in [2.75, 3.05) is 19.0 Å². The lowest BCUT2D eigenvalue weighted by Gasteiger charge is -2.32. The van der Waals surface area contributed by atoms with E-state index in [4.69, 9.17) is 11.6 Å². The first-order valence-electron chi connectivity index (χ1n) is 5.20.